The predicted octanol–water partition coefficient (Wildman–Crippen LogP) is 13.4. The standard InChI is InChI=1S/C59H52N6/c1-56(2,3)43-32-34-44(35-33-43)59(55-64-52(41-26-16-10-17-27-41)61-53(65-55)42-28-18-11-19-29-42)48-31-21-20-30-46(48)58(7,47-37-36-45(38-49(47)59)57(4,5)6)54-62-50(39-22-12-8-13-23-39)60-51(63-54)40-24-14-9-15-25-40/h8-38H,1-7H3. The Hall–Kier alpha value is -7.44. The Morgan fingerprint density at radius 1 is 0.323 bits per heavy atom. The van der Waals surface area contributed by atoms with Gasteiger partial charge in [-0.25, -0.2) is 29.9 Å². The quantitative estimate of drug-likeness (QED) is 0.159. The number of rotatable bonds is 7. The normalized spacial score (nSPS) is 17.0. The molecule has 0 aliphatic heterocycles. The lowest BCUT2D eigenvalue weighted by Gasteiger charge is -2.48. The van der Waals surface area contributed by atoms with Crippen LogP contribution in [0.5, 0.6) is 0 Å². The summed E-state index contributed by atoms with van der Waals surface area (Å²) in [4.78, 5) is 32.5. The summed E-state index contributed by atoms with van der Waals surface area (Å²) < 4.78 is 0. The zero-order chi connectivity index (χ0) is 45.0. The third kappa shape index (κ3) is 7.23. The van der Waals surface area contributed by atoms with Crippen molar-refractivity contribution in [1.82, 2.24) is 29.9 Å². The summed E-state index contributed by atoms with van der Waals surface area (Å²) >= 11 is 0. The van der Waals surface area contributed by atoms with Gasteiger partial charge in [-0.3, -0.25) is 0 Å². The van der Waals surface area contributed by atoms with Crippen molar-refractivity contribution < 1.29 is 0 Å². The molecule has 0 bridgehead atoms. The minimum atomic E-state index is -1.03. The number of nitrogens with zero attached hydrogens (tertiary/aromatic N) is 6. The van der Waals surface area contributed by atoms with Gasteiger partial charge < -0.3 is 0 Å². The molecule has 6 nitrogen and oxygen atoms in total. The first-order chi connectivity index (χ1) is 31.3. The predicted molar refractivity (Wildman–Crippen MR) is 263 cm³/mol. The molecular weight excluding hydrogens is 793 g/mol. The maximum absolute atomic E-state index is 5.63. The molecule has 0 radical (unpaired) electrons. The molecule has 2 unspecified atom stereocenters. The molecule has 10 rings (SSSR count). The van der Waals surface area contributed by atoms with E-state index in [1.165, 1.54) is 11.1 Å². The molecule has 318 valence electrons. The van der Waals surface area contributed by atoms with Gasteiger partial charge in [-0.1, -0.05) is 230 Å². The first-order valence-corrected chi connectivity index (χ1v) is 22.5. The molecule has 1 aliphatic rings. The lowest BCUT2D eigenvalue weighted by atomic mass is 9.54. The van der Waals surface area contributed by atoms with Crippen molar-refractivity contribution in [2.45, 2.75) is 70.1 Å². The van der Waals surface area contributed by atoms with Crippen LogP contribution >= 0.6 is 0 Å². The maximum atomic E-state index is 5.63. The van der Waals surface area contributed by atoms with Crippen LogP contribution in [0.2, 0.25) is 0 Å². The van der Waals surface area contributed by atoms with Gasteiger partial charge in [0.1, 0.15) is 11.2 Å². The Balaban J connectivity index is 1.37. The molecular formula is C59H52N6. The van der Waals surface area contributed by atoms with Crippen molar-refractivity contribution >= 4 is 0 Å². The third-order valence-electron chi connectivity index (χ3n) is 13.1. The topological polar surface area (TPSA) is 77.3 Å². The van der Waals surface area contributed by atoms with E-state index in [-0.39, 0.29) is 10.8 Å². The fourth-order valence-corrected chi connectivity index (χ4v) is 9.44. The van der Waals surface area contributed by atoms with Crippen LogP contribution in [0.1, 0.15) is 99.1 Å². The van der Waals surface area contributed by atoms with E-state index in [4.69, 9.17) is 29.9 Å². The largest absolute Gasteiger partial charge is 0.212 e. The van der Waals surface area contributed by atoms with Crippen LogP contribution < -0.4 is 0 Å². The fourth-order valence-electron chi connectivity index (χ4n) is 9.44. The molecule has 0 spiro atoms. The highest BCUT2D eigenvalue weighted by Gasteiger charge is 2.54. The molecule has 0 N–H and O–H groups in total. The molecule has 1 aliphatic carbocycles. The van der Waals surface area contributed by atoms with Crippen molar-refractivity contribution in [3.63, 3.8) is 0 Å². The lowest BCUT2D eigenvalue weighted by molar-refractivity contribution is 0.535. The summed E-state index contributed by atoms with van der Waals surface area (Å²) in [6.07, 6.45) is 0. The van der Waals surface area contributed by atoms with Gasteiger partial charge in [0.2, 0.25) is 0 Å². The van der Waals surface area contributed by atoms with Gasteiger partial charge in [-0.2, -0.15) is 0 Å². The fraction of sp³-hybridized carbons (Fsp3) is 0.186. The van der Waals surface area contributed by atoms with Crippen LogP contribution in [0.15, 0.2) is 188 Å². The minimum absolute atomic E-state index is 0.0637. The second-order valence-corrected chi connectivity index (χ2v) is 19.3. The van der Waals surface area contributed by atoms with E-state index >= 15 is 0 Å². The summed E-state index contributed by atoms with van der Waals surface area (Å²) in [5, 5.41) is 0. The van der Waals surface area contributed by atoms with Gasteiger partial charge >= 0.3 is 0 Å². The zero-order valence-corrected chi connectivity index (χ0v) is 38.1. The molecule has 0 amide bonds. The summed E-state index contributed by atoms with van der Waals surface area (Å²) in [7, 11) is 0. The van der Waals surface area contributed by atoms with Gasteiger partial charge in [-0.15, -0.1) is 0 Å². The second-order valence-electron chi connectivity index (χ2n) is 19.3. The maximum Gasteiger partial charge on any atom is 0.163 e. The smallest absolute Gasteiger partial charge is 0.163 e. The van der Waals surface area contributed by atoms with Crippen LogP contribution in [-0.4, -0.2) is 29.9 Å². The van der Waals surface area contributed by atoms with Crippen LogP contribution in [-0.2, 0) is 21.7 Å². The second kappa shape index (κ2) is 16.0. The highest BCUT2D eigenvalue weighted by molar-refractivity contribution is 5.73. The zero-order valence-electron chi connectivity index (χ0n) is 38.1. The molecule has 6 heteroatoms. The molecule has 2 aromatic heterocycles. The van der Waals surface area contributed by atoms with Crippen LogP contribution in [0.25, 0.3) is 45.6 Å². The Kier molecular flexibility index (Phi) is 10.2. The van der Waals surface area contributed by atoms with Gasteiger partial charge in [0.25, 0.3) is 0 Å². The van der Waals surface area contributed by atoms with Crippen molar-refractivity contribution in [3.8, 4) is 45.6 Å². The number of hydrogen-bond acceptors (Lipinski definition) is 6. The first kappa shape index (κ1) is 41.6. The van der Waals surface area contributed by atoms with E-state index in [0.717, 1.165) is 50.1 Å². The van der Waals surface area contributed by atoms with Gasteiger partial charge in [-0.05, 0) is 56.7 Å². The summed E-state index contributed by atoms with van der Waals surface area (Å²) in [5.74, 6) is 3.75. The number of hydrogen-bond donors (Lipinski definition) is 0. The molecule has 65 heavy (non-hydrogen) atoms. The average Bonchev–Trinajstić information content (AvgIpc) is 3.34. The Morgan fingerprint density at radius 3 is 1.09 bits per heavy atom. The monoisotopic (exact) mass is 844 g/mol. The highest BCUT2D eigenvalue weighted by Crippen LogP contribution is 2.58. The number of aromatic nitrogens is 6. The number of benzene rings is 7. The van der Waals surface area contributed by atoms with E-state index in [0.29, 0.717) is 34.9 Å². The van der Waals surface area contributed by atoms with Crippen LogP contribution in [0.4, 0.5) is 0 Å². The van der Waals surface area contributed by atoms with E-state index in [1.54, 1.807) is 0 Å². The molecule has 2 heterocycles. The van der Waals surface area contributed by atoms with E-state index in [1.807, 2.05) is 72.8 Å². The van der Waals surface area contributed by atoms with Gasteiger partial charge in [0, 0.05) is 22.3 Å². The highest BCUT2D eigenvalue weighted by atomic mass is 15.1. The Labute approximate surface area is 382 Å². The van der Waals surface area contributed by atoms with Crippen molar-refractivity contribution in [2.24, 2.45) is 0 Å². The molecule has 7 aromatic carbocycles. The van der Waals surface area contributed by atoms with Gasteiger partial charge in [0.15, 0.2) is 29.1 Å². The first-order valence-electron chi connectivity index (χ1n) is 22.5. The van der Waals surface area contributed by atoms with E-state index < -0.39 is 10.8 Å². The molecule has 0 saturated carbocycles. The molecule has 9 aromatic rings. The van der Waals surface area contributed by atoms with Gasteiger partial charge in [0.05, 0.1) is 5.41 Å². The molecule has 0 saturated heterocycles. The SMILES string of the molecule is CC(C)(C)c1ccc(C2(c3nc(-c4ccccc4)nc(-c4ccccc4)n3)c3ccccc3C(C)(c3nc(-c4ccccc4)nc(-c4ccccc4)n3)c3ccc(C(C)(C)C)cc32)cc1. The van der Waals surface area contributed by atoms with Crippen molar-refractivity contribution in [1.29, 1.82) is 0 Å². The van der Waals surface area contributed by atoms with Crippen molar-refractivity contribution in [2.75, 3.05) is 0 Å². The van der Waals surface area contributed by atoms with Crippen molar-refractivity contribution in [3.05, 3.63) is 239 Å². The minimum Gasteiger partial charge on any atom is -0.212 e. The van der Waals surface area contributed by atoms with Crippen LogP contribution in [0.3, 0.4) is 0 Å². The Morgan fingerprint density at radius 2 is 0.677 bits per heavy atom. The molecule has 0 fully saturated rings. The van der Waals surface area contributed by atoms with E-state index in [2.05, 4.69) is 164 Å². The summed E-state index contributed by atoms with van der Waals surface area (Å²) in [5.41, 5.74) is 9.25. The number of fused-ring (bicyclic) bond motifs is 2. The summed E-state index contributed by atoms with van der Waals surface area (Å²) in [6, 6.07) is 65.9. The third-order valence-corrected chi connectivity index (χ3v) is 13.1. The molecule has 2 atom stereocenters. The lowest BCUT2D eigenvalue weighted by Crippen LogP contribution is -2.45. The summed E-state index contributed by atoms with van der Waals surface area (Å²) in [6.45, 7) is 15.9. The average molecular weight is 845 g/mol. The van der Waals surface area contributed by atoms with E-state index in [9.17, 15) is 0 Å². The Bertz CT molecular complexity index is 3040. The van der Waals surface area contributed by atoms with Crippen LogP contribution in [0, 0.1) is 0 Å².